The maximum Gasteiger partial charge on any atom is 0.249 e. The van der Waals surface area contributed by atoms with Crippen LogP contribution < -0.4 is 10.6 Å². The second-order valence-corrected chi connectivity index (χ2v) is 5.72. The van der Waals surface area contributed by atoms with Gasteiger partial charge in [-0.15, -0.1) is 0 Å². The largest absolute Gasteiger partial charge is 0.381 e. The highest BCUT2D eigenvalue weighted by Crippen LogP contribution is 2.13. The van der Waals surface area contributed by atoms with Crippen molar-refractivity contribution in [3.05, 3.63) is 0 Å². The normalized spacial score (nSPS) is 23.8. The lowest BCUT2D eigenvalue weighted by Crippen LogP contribution is -2.65. The Morgan fingerprint density at radius 1 is 1.40 bits per heavy atom. The SMILES string of the molecule is CC1(C)NCC(=O)N(CC(=O)NC2CCOCC2)C1=O. The lowest BCUT2D eigenvalue weighted by atomic mass is 10.0. The van der Waals surface area contributed by atoms with Crippen LogP contribution in [-0.4, -0.2) is 60.5 Å². The number of piperazine rings is 1. The third kappa shape index (κ3) is 3.34. The Morgan fingerprint density at radius 2 is 2.05 bits per heavy atom. The maximum atomic E-state index is 12.1. The number of nitrogens with zero attached hydrogens (tertiary/aromatic N) is 1. The molecule has 2 N–H and O–H groups in total. The molecule has 2 saturated heterocycles. The van der Waals surface area contributed by atoms with Crippen LogP contribution in [0.5, 0.6) is 0 Å². The quantitative estimate of drug-likeness (QED) is 0.650. The van der Waals surface area contributed by atoms with Crippen LogP contribution in [0.3, 0.4) is 0 Å². The van der Waals surface area contributed by atoms with E-state index in [1.54, 1.807) is 13.8 Å². The van der Waals surface area contributed by atoms with Gasteiger partial charge in [0, 0.05) is 19.3 Å². The lowest BCUT2D eigenvalue weighted by molar-refractivity contribution is -0.155. The summed E-state index contributed by atoms with van der Waals surface area (Å²) in [5, 5.41) is 5.70. The summed E-state index contributed by atoms with van der Waals surface area (Å²) in [6.45, 7) is 4.52. The summed E-state index contributed by atoms with van der Waals surface area (Å²) in [6.07, 6.45) is 1.53. The fourth-order valence-electron chi connectivity index (χ4n) is 2.34. The van der Waals surface area contributed by atoms with Crippen molar-refractivity contribution < 1.29 is 19.1 Å². The average molecular weight is 283 g/mol. The molecule has 2 fully saturated rings. The molecule has 7 nitrogen and oxygen atoms in total. The van der Waals surface area contributed by atoms with Gasteiger partial charge in [0.15, 0.2) is 0 Å². The zero-order valence-electron chi connectivity index (χ0n) is 11.9. The van der Waals surface area contributed by atoms with Crippen molar-refractivity contribution in [2.45, 2.75) is 38.3 Å². The molecule has 112 valence electrons. The monoisotopic (exact) mass is 283 g/mol. The average Bonchev–Trinajstić information content (AvgIpc) is 2.41. The van der Waals surface area contributed by atoms with E-state index in [-0.39, 0.29) is 36.9 Å². The number of hydrogen-bond acceptors (Lipinski definition) is 5. The number of hydrogen-bond donors (Lipinski definition) is 2. The minimum Gasteiger partial charge on any atom is -0.381 e. The van der Waals surface area contributed by atoms with E-state index in [1.165, 1.54) is 0 Å². The van der Waals surface area contributed by atoms with Crippen molar-refractivity contribution in [3.8, 4) is 0 Å². The Morgan fingerprint density at radius 3 is 2.70 bits per heavy atom. The summed E-state index contributed by atoms with van der Waals surface area (Å²) < 4.78 is 5.21. The molecule has 2 rings (SSSR count). The molecule has 0 unspecified atom stereocenters. The van der Waals surface area contributed by atoms with Gasteiger partial charge in [0.25, 0.3) is 0 Å². The first-order valence-electron chi connectivity index (χ1n) is 6.87. The highest BCUT2D eigenvalue weighted by atomic mass is 16.5. The Labute approximate surface area is 118 Å². The van der Waals surface area contributed by atoms with Gasteiger partial charge in [-0.2, -0.15) is 0 Å². The summed E-state index contributed by atoms with van der Waals surface area (Å²) in [4.78, 5) is 36.9. The van der Waals surface area contributed by atoms with Crippen molar-refractivity contribution in [3.63, 3.8) is 0 Å². The van der Waals surface area contributed by atoms with Crippen molar-refractivity contribution in [1.82, 2.24) is 15.5 Å². The van der Waals surface area contributed by atoms with Gasteiger partial charge in [-0.1, -0.05) is 0 Å². The van der Waals surface area contributed by atoms with Crippen LogP contribution in [-0.2, 0) is 19.1 Å². The summed E-state index contributed by atoms with van der Waals surface area (Å²) in [7, 11) is 0. The minimum atomic E-state index is -0.813. The van der Waals surface area contributed by atoms with Crippen LogP contribution in [0, 0.1) is 0 Å². The van der Waals surface area contributed by atoms with Crippen LogP contribution in [0.25, 0.3) is 0 Å². The zero-order chi connectivity index (χ0) is 14.8. The van der Waals surface area contributed by atoms with Crippen molar-refractivity contribution >= 4 is 17.7 Å². The first-order chi connectivity index (χ1) is 9.40. The van der Waals surface area contributed by atoms with Crippen LogP contribution >= 0.6 is 0 Å². The van der Waals surface area contributed by atoms with Crippen LogP contribution in [0.15, 0.2) is 0 Å². The van der Waals surface area contributed by atoms with Gasteiger partial charge in [0.1, 0.15) is 6.54 Å². The summed E-state index contributed by atoms with van der Waals surface area (Å²) >= 11 is 0. The smallest absolute Gasteiger partial charge is 0.249 e. The van der Waals surface area contributed by atoms with Gasteiger partial charge in [-0.05, 0) is 26.7 Å². The molecule has 3 amide bonds. The molecule has 2 heterocycles. The van der Waals surface area contributed by atoms with E-state index < -0.39 is 5.54 Å². The molecule has 7 heteroatoms. The standard InChI is InChI=1S/C13H21N3O4/c1-13(2)12(19)16(11(18)7-14-13)8-10(17)15-9-3-5-20-6-4-9/h9,14H,3-8H2,1-2H3,(H,15,17). The lowest BCUT2D eigenvalue weighted by Gasteiger charge is -2.36. The van der Waals surface area contributed by atoms with Gasteiger partial charge >= 0.3 is 0 Å². The topological polar surface area (TPSA) is 87.7 Å². The molecule has 0 aromatic rings. The second kappa shape index (κ2) is 5.88. The van der Waals surface area contributed by atoms with Gasteiger partial charge in [-0.3, -0.25) is 24.6 Å². The molecule has 0 saturated carbocycles. The number of rotatable bonds is 3. The van der Waals surface area contributed by atoms with Gasteiger partial charge in [0.2, 0.25) is 17.7 Å². The molecule has 0 atom stereocenters. The molecule has 0 aliphatic carbocycles. The second-order valence-electron chi connectivity index (χ2n) is 5.72. The van der Waals surface area contributed by atoms with E-state index in [2.05, 4.69) is 10.6 Å². The molecule has 2 aliphatic rings. The van der Waals surface area contributed by atoms with Crippen molar-refractivity contribution in [2.24, 2.45) is 0 Å². The van der Waals surface area contributed by atoms with Crippen molar-refractivity contribution in [1.29, 1.82) is 0 Å². The summed E-state index contributed by atoms with van der Waals surface area (Å²) in [5.41, 5.74) is -0.813. The number of imide groups is 1. The first kappa shape index (κ1) is 14.9. The minimum absolute atomic E-state index is 0.0670. The van der Waals surface area contributed by atoms with Crippen molar-refractivity contribution in [2.75, 3.05) is 26.3 Å². The third-order valence-corrected chi connectivity index (χ3v) is 3.65. The van der Waals surface area contributed by atoms with E-state index in [0.717, 1.165) is 17.7 Å². The summed E-state index contributed by atoms with van der Waals surface area (Å²) in [6, 6.07) is 0.0670. The fraction of sp³-hybridized carbons (Fsp3) is 0.769. The molecule has 20 heavy (non-hydrogen) atoms. The van der Waals surface area contributed by atoms with E-state index in [9.17, 15) is 14.4 Å². The van der Waals surface area contributed by atoms with E-state index in [1.807, 2.05) is 0 Å². The Hall–Kier alpha value is -1.47. The molecular formula is C13H21N3O4. The first-order valence-corrected chi connectivity index (χ1v) is 6.87. The van der Waals surface area contributed by atoms with Gasteiger partial charge < -0.3 is 10.1 Å². The fourth-order valence-corrected chi connectivity index (χ4v) is 2.34. The molecule has 0 bridgehead atoms. The number of carbonyl (C=O) groups excluding carboxylic acids is 3. The Balaban J connectivity index is 1.91. The van der Waals surface area contributed by atoms with Gasteiger partial charge in [-0.25, -0.2) is 0 Å². The van der Waals surface area contributed by atoms with E-state index in [4.69, 9.17) is 4.74 Å². The molecular weight excluding hydrogens is 262 g/mol. The predicted molar refractivity (Wildman–Crippen MR) is 70.8 cm³/mol. The maximum absolute atomic E-state index is 12.1. The van der Waals surface area contributed by atoms with Crippen LogP contribution in [0.2, 0.25) is 0 Å². The number of nitrogens with one attached hydrogen (secondary N) is 2. The summed E-state index contributed by atoms with van der Waals surface area (Å²) in [5.74, 6) is -1.02. The number of carbonyl (C=O) groups is 3. The highest BCUT2D eigenvalue weighted by Gasteiger charge is 2.40. The van der Waals surface area contributed by atoms with Gasteiger partial charge in [0.05, 0.1) is 12.1 Å². The molecule has 0 spiro atoms. The molecule has 0 aromatic carbocycles. The van der Waals surface area contributed by atoms with Crippen LogP contribution in [0.1, 0.15) is 26.7 Å². The zero-order valence-corrected chi connectivity index (χ0v) is 11.9. The van der Waals surface area contributed by atoms with E-state index >= 15 is 0 Å². The molecule has 0 radical (unpaired) electrons. The van der Waals surface area contributed by atoms with Crippen LogP contribution in [0.4, 0.5) is 0 Å². The molecule has 2 aliphatic heterocycles. The number of amides is 3. The Kier molecular flexibility index (Phi) is 4.39. The predicted octanol–water partition coefficient (Wildman–Crippen LogP) is -0.981. The Bertz CT molecular complexity index is 416. The molecule has 0 aromatic heterocycles. The highest BCUT2D eigenvalue weighted by molar-refractivity contribution is 6.05. The third-order valence-electron chi connectivity index (χ3n) is 3.65. The van der Waals surface area contributed by atoms with E-state index in [0.29, 0.717) is 13.2 Å². The number of ether oxygens (including phenoxy) is 1.